The van der Waals surface area contributed by atoms with Gasteiger partial charge in [0, 0.05) is 18.4 Å². The van der Waals surface area contributed by atoms with E-state index in [4.69, 9.17) is 5.84 Å². The van der Waals surface area contributed by atoms with E-state index in [0.717, 1.165) is 12.8 Å². The normalized spacial score (nSPS) is 12.3. The molecule has 0 amide bonds. The molecule has 2 rings (SSSR count). The van der Waals surface area contributed by atoms with Crippen LogP contribution in [0.25, 0.3) is 0 Å². The molecule has 1 atom stereocenters. The van der Waals surface area contributed by atoms with Crippen molar-refractivity contribution in [3.05, 3.63) is 66.0 Å². The van der Waals surface area contributed by atoms with Crippen LogP contribution in [0, 0.1) is 0 Å². The fraction of sp³-hybridized carbons (Fsp3) is 0.214. The minimum Gasteiger partial charge on any atom is -0.271 e. The number of pyridine rings is 1. The maximum absolute atomic E-state index is 5.60. The summed E-state index contributed by atoms with van der Waals surface area (Å²) < 4.78 is 0. The molecule has 0 saturated heterocycles. The monoisotopic (exact) mass is 227 g/mol. The van der Waals surface area contributed by atoms with Gasteiger partial charge < -0.3 is 0 Å². The molecule has 0 spiro atoms. The second-order valence-electron chi connectivity index (χ2n) is 4.02. The molecule has 1 unspecified atom stereocenters. The van der Waals surface area contributed by atoms with Gasteiger partial charge in [0.15, 0.2) is 0 Å². The smallest absolute Gasteiger partial charge is 0.0464 e. The van der Waals surface area contributed by atoms with Gasteiger partial charge in [-0.25, -0.2) is 0 Å². The zero-order chi connectivity index (χ0) is 11.9. The number of hydrazine groups is 1. The summed E-state index contributed by atoms with van der Waals surface area (Å²) in [5.74, 6) is 5.60. The highest BCUT2D eigenvalue weighted by atomic mass is 15.2. The van der Waals surface area contributed by atoms with Gasteiger partial charge in [0.2, 0.25) is 0 Å². The van der Waals surface area contributed by atoms with E-state index in [2.05, 4.69) is 34.7 Å². The molecule has 0 radical (unpaired) electrons. The summed E-state index contributed by atoms with van der Waals surface area (Å²) in [6, 6.07) is 14.6. The number of nitrogens with zero attached hydrogens (tertiary/aromatic N) is 1. The van der Waals surface area contributed by atoms with E-state index in [-0.39, 0.29) is 6.04 Å². The van der Waals surface area contributed by atoms with Gasteiger partial charge in [0.25, 0.3) is 0 Å². The highest BCUT2D eigenvalue weighted by Gasteiger charge is 2.08. The minimum absolute atomic E-state index is 0.179. The molecular formula is C14H17N3. The van der Waals surface area contributed by atoms with Crippen LogP contribution in [0.2, 0.25) is 0 Å². The van der Waals surface area contributed by atoms with Crippen molar-refractivity contribution in [1.29, 1.82) is 0 Å². The molecule has 1 aromatic heterocycles. The molecule has 0 bridgehead atoms. The molecule has 0 saturated carbocycles. The van der Waals surface area contributed by atoms with Crippen LogP contribution in [-0.4, -0.2) is 4.98 Å². The lowest BCUT2D eigenvalue weighted by Gasteiger charge is -2.15. The summed E-state index contributed by atoms with van der Waals surface area (Å²) in [6.45, 7) is 0. The molecule has 0 aliphatic carbocycles. The largest absolute Gasteiger partial charge is 0.271 e. The van der Waals surface area contributed by atoms with Crippen LogP contribution in [0.1, 0.15) is 23.6 Å². The van der Waals surface area contributed by atoms with E-state index in [1.165, 1.54) is 11.1 Å². The molecule has 0 aliphatic heterocycles. The molecular weight excluding hydrogens is 210 g/mol. The lowest BCUT2D eigenvalue weighted by molar-refractivity contribution is 0.516. The number of hydrogen-bond donors (Lipinski definition) is 2. The third-order valence-electron chi connectivity index (χ3n) is 2.87. The van der Waals surface area contributed by atoms with Crippen molar-refractivity contribution in [1.82, 2.24) is 10.4 Å². The average Bonchev–Trinajstić information content (AvgIpc) is 2.42. The van der Waals surface area contributed by atoms with Gasteiger partial charge >= 0.3 is 0 Å². The summed E-state index contributed by atoms with van der Waals surface area (Å²) in [7, 11) is 0. The van der Waals surface area contributed by atoms with Crippen molar-refractivity contribution < 1.29 is 0 Å². The van der Waals surface area contributed by atoms with Gasteiger partial charge in [0.1, 0.15) is 0 Å². The van der Waals surface area contributed by atoms with E-state index < -0.39 is 0 Å². The van der Waals surface area contributed by atoms with E-state index >= 15 is 0 Å². The van der Waals surface area contributed by atoms with Crippen LogP contribution in [-0.2, 0) is 6.42 Å². The SMILES string of the molecule is NNC(CCc1ccccc1)c1ccncc1. The summed E-state index contributed by atoms with van der Waals surface area (Å²) in [5, 5.41) is 0. The Morgan fingerprint density at radius 2 is 1.76 bits per heavy atom. The zero-order valence-electron chi connectivity index (χ0n) is 9.71. The summed E-state index contributed by atoms with van der Waals surface area (Å²) in [6.07, 6.45) is 5.58. The van der Waals surface area contributed by atoms with Gasteiger partial charge in [-0.15, -0.1) is 0 Å². The zero-order valence-corrected chi connectivity index (χ0v) is 9.71. The van der Waals surface area contributed by atoms with Gasteiger partial charge in [-0.3, -0.25) is 16.3 Å². The Balaban J connectivity index is 1.97. The molecule has 2 aromatic rings. The van der Waals surface area contributed by atoms with Crippen LogP contribution in [0.4, 0.5) is 0 Å². The lowest BCUT2D eigenvalue weighted by atomic mass is 10.0. The molecule has 17 heavy (non-hydrogen) atoms. The first-order chi connectivity index (χ1) is 8.40. The number of nitrogens with two attached hydrogens (primary N) is 1. The molecule has 88 valence electrons. The van der Waals surface area contributed by atoms with Crippen LogP contribution in [0.5, 0.6) is 0 Å². The van der Waals surface area contributed by atoms with Gasteiger partial charge in [-0.05, 0) is 36.1 Å². The summed E-state index contributed by atoms with van der Waals surface area (Å²) in [4.78, 5) is 4.01. The van der Waals surface area contributed by atoms with Crippen molar-refractivity contribution in [3.63, 3.8) is 0 Å². The first kappa shape index (κ1) is 11.8. The Kier molecular flexibility index (Phi) is 4.24. The first-order valence-corrected chi connectivity index (χ1v) is 5.80. The molecule has 1 heterocycles. The Morgan fingerprint density at radius 3 is 2.41 bits per heavy atom. The predicted octanol–water partition coefficient (Wildman–Crippen LogP) is 2.22. The van der Waals surface area contributed by atoms with Crippen LogP contribution in [0.3, 0.4) is 0 Å². The third-order valence-corrected chi connectivity index (χ3v) is 2.87. The first-order valence-electron chi connectivity index (χ1n) is 5.80. The molecule has 1 aromatic carbocycles. The van der Waals surface area contributed by atoms with E-state index in [1.807, 2.05) is 18.2 Å². The Hall–Kier alpha value is -1.71. The van der Waals surface area contributed by atoms with Crippen molar-refractivity contribution in [3.8, 4) is 0 Å². The van der Waals surface area contributed by atoms with Crippen molar-refractivity contribution in [2.75, 3.05) is 0 Å². The number of rotatable bonds is 5. The lowest BCUT2D eigenvalue weighted by Crippen LogP contribution is -2.28. The quantitative estimate of drug-likeness (QED) is 0.608. The Morgan fingerprint density at radius 1 is 1.06 bits per heavy atom. The number of aromatic nitrogens is 1. The van der Waals surface area contributed by atoms with E-state index in [9.17, 15) is 0 Å². The third kappa shape index (κ3) is 3.37. The van der Waals surface area contributed by atoms with Crippen LogP contribution in [0.15, 0.2) is 54.9 Å². The molecule has 0 fully saturated rings. The van der Waals surface area contributed by atoms with Gasteiger partial charge in [0.05, 0.1) is 0 Å². The van der Waals surface area contributed by atoms with Crippen molar-refractivity contribution in [2.45, 2.75) is 18.9 Å². The maximum Gasteiger partial charge on any atom is 0.0464 e. The highest BCUT2D eigenvalue weighted by molar-refractivity contribution is 5.18. The summed E-state index contributed by atoms with van der Waals surface area (Å²) in [5.41, 5.74) is 5.37. The second-order valence-corrected chi connectivity index (χ2v) is 4.02. The van der Waals surface area contributed by atoms with E-state index in [0.29, 0.717) is 0 Å². The van der Waals surface area contributed by atoms with Gasteiger partial charge in [-0.1, -0.05) is 30.3 Å². The fourth-order valence-electron chi connectivity index (χ4n) is 1.90. The van der Waals surface area contributed by atoms with E-state index in [1.54, 1.807) is 12.4 Å². The minimum atomic E-state index is 0.179. The van der Waals surface area contributed by atoms with Crippen LogP contribution < -0.4 is 11.3 Å². The Bertz CT molecular complexity index is 428. The summed E-state index contributed by atoms with van der Waals surface area (Å²) >= 11 is 0. The maximum atomic E-state index is 5.60. The number of hydrogen-bond acceptors (Lipinski definition) is 3. The number of benzene rings is 1. The molecule has 3 N–H and O–H groups in total. The van der Waals surface area contributed by atoms with Crippen molar-refractivity contribution >= 4 is 0 Å². The van der Waals surface area contributed by atoms with Crippen molar-refractivity contribution in [2.24, 2.45) is 5.84 Å². The molecule has 3 nitrogen and oxygen atoms in total. The fourth-order valence-corrected chi connectivity index (χ4v) is 1.90. The standard InChI is InChI=1S/C14H17N3/c15-17-14(13-8-10-16-11-9-13)7-6-12-4-2-1-3-5-12/h1-5,8-11,14,17H,6-7,15H2. The van der Waals surface area contributed by atoms with Gasteiger partial charge in [-0.2, -0.15) is 0 Å². The average molecular weight is 227 g/mol. The predicted molar refractivity (Wildman–Crippen MR) is 69.1 cm³/mol. The topological polar surface area (TPSA) is 50.9 Å². The number of aryl methyl sites for hydroxylation is 1. The highest BCUT2D eigenvalue weighted by Crippen LogP contribution is 2.17. The number of nitrogens with one attached hydrogen (secondary N) is 1. The van der Waals surface area contributed by atoms with Crippen LogP contribution >= 0.6 is 0 Å². The second kappa shape index (κ2) is 6.13. The Labute approximate surface area is 102 Å². The molecule has 0 aliphatic rings. The molecule has 3 heteroatoms.